The molecule has 0 unspecified atom stereocenters. The Kier molecular flexibility index (Phi) is 36.1. The smallest absolute Gasteiger partial charge is 0.249 e. The first-order valence-corrected chi connectivity index (χ1v) is 35.2. The molecule has 0 heterocycles. The average molecular weight is 1280 g/mol. The van der Waals surface area contributed by atoms with Crippen LogP contribution in [0, 0.1) is 27.1 Å². The third-order valence-corrected chi connectivity index (χ3v) is 17.2. The highest BCUT2D eigenvalue weighted by molar-refractivity contribution is 5.60. The van der Waals surface area contributed by atoms with Crippen LogP contribution >= 0.6 is 0 Å². The minimum Gasteiger partial charge on any atom is -0.385 e. The number of anilines is 5. The third-order valence-electron chi connectivity index (χ3n) is 17.2. The number of nitrogens with one attached hydrogen (secondary N) is 2. The van der Waals surface area contributed by atoms with Crippen LogP contribution < -0.4 is 79.6 Å². The van der Waals surface area contributed by atoms with Gasteiger partial charge in [-0.2, -0.15) is 0 Å². The first-order chi connectivity index (χ1) is 42.6. The van der Waals surface area contributed by atoms with Gasteiger partial charge in [-0.1, -0.05) is 168 Å². The molecule has 0 aliphatic rings. The van der Waals surface area contributed by atoms with E-state index in [4.69, 9.17) is 0 Å². The molecule has 0 bridgehead atoms. The maximum Gasteiger partial charge on any atom is 0.249 e. The molecular formula is C77H129N5O10. The van der Waals surface area contributed by atoms with Crippen molar-refractivity contribution < 1.29 is 0 Å². The largest absolute Gasteiger partial charge is 0.385 e. The summed E-state index contributed by atoms with van der Waals surface area (Å²) in [6.07, 6.45) is 26.4. The number of hydrogen-bond donors (Lipinski definition) is 2. The van der Waals surface area contributed by atoms with Crippen molar-refractivity contribution in [1.29, 1.82) is 0 Å². The molecule has 522 valence electrons. The van der Waals surface area contributed by atoms with Gasteiger partial charge in [-0.25, -0.2) is 0 Å². The molecule has 0 saturated carbocycles. The van der Waals surface area contributed by atoms with E-state index in [1.54, 1.807) is 11.9 Å². The van der Waals surface area contributed by atoms with Crippen LogP contribution in [0.5, 0.6) is 0 Å². The first kappa shape index (κ1) is 84.4. The molecule has 0 aliphatic heterocycles. The Morgan fingerprint density at radius 1 is 0.293 bits per heavy atom. The second kappa shape index (κ2) is 39.3. The van der Waals surface area contributed by atoms with Crippen LogP contribution in [-0.2, 0) is 32.1 Å². The lowest BCUT2D eigenvalue weighted by atomic mass is 9.89. The van der Waals surface area contributed by atoms with Gasteiger partial charge in [0.1, 0.15) is 0 Å². The fourth-order valence-electron chi connectivity index (χ4n) is 11.5. The Labute approximate surface area is 554 Å². The van der Waals surface area contributed by atoms with E-state index in [-0.39, 0.29) is 54.3 Å². The fourth-order valence-corrected chi connectivity index (χ4v) is 11.5. The van der Waals surface area contributed by atoms with Crippen molar-refractivity contribution in [3.8, 4) is 0 Å². The maximum absolute atomic E-state index is 11.7. The highest BCUT2D eigenvalue weighted by Gasteiger charge is 2.26. The van der Waals surface area contributed by atoms with Crippen molar-refractivity contribution in [2.75, 3.05) is 79.7 Å². The lowest BCUT2D eigenvalue weighted by Crippen LogP contribution is -2.43. The Balaban J connectivity index is 0.000000576. The summed E-state index contributed by atoms with van der Waals surface area (Å²) >= 11 is 0. The van der Waals surface area contributed by atoms with Gasteiger partial charge >= 0.3 is 0 Å². The molecule has 0 spiro atoms. The molecule has 0 atom stereocenters. The molecule has 5 aromatic carbocycles. The van der Waals surface area contributed by atoms with Crippen LogP contribution in [0.3, 0.4) is 0 Å². The molecule has 15 nitrogen and oxygen atoms in total. The minimum atomic E-state index is -0.350. The molecule has 15 heteroatoms. The topological polar surface area (TPSA) is 204 Å². The number of rotatable bonds is 34. The molecule has 0 aliphatic carbocycles. The van der Waals surface area contributed by atoms with Gasteiger partial charge in [0.15, 0.2) is 0 Å². The van der Waals surface area contributed by atoms with Gasteiger partial charge in [0, 0.05) is 82.2 Å². The van der Waals surface area contributed by atoms with Crippen molar-refractivity contribution in [3.05, 3.63) is 130 Å². The van der Waals surface area contributed by atoms with E-state index in [0.717, 1.165) is 138 Å². The van der Waals surface area contributed by atoms with E-state index in [2.05, 4.69) is 114 Å². The van der Waals surface area contributed by atoms with E-state index in [1.165, 1.54) is 64.2 Å². The van der Waals surface area contributed by atoms with Crippen LogP contribution in [-0.4, -0.2) is 54.4 Å². The second-order valence-corrected chi connectivity index (χ2v) is 31.9. The molecule has 92 heavy (non-hydrogen) atoms. The molecule has 5 aromatic rings. The molecule has 0 aromatic heterocycles. The lowest BCUT2D eigenvalue weighted by molar-refractivity contribution is 0.358. The zero-order valence-corrected chi connectivity index (χ0v) is 62.4. The highest BCUT2D eigenvalue weighted by Crippen LogP contribution is 2.28. The van der Waals surface area contributed by atoms with Crippen molar-refractivity contribution >= 4 is 28.4 Å². The minimum absolute atomic E-state index is 0.247. The van der Waals surface area contributed by atoms with Crippen LogP contribution in [0.2, 0.25) is 0 Å². The van der Waals surface area contributed by atoms with Gasteiger partial charge in [0.2, 0.25) is 54.3 Å². The number of unbranched alkanes of at least 4 members (excludes halogenated alkanes) is 10. The quantitative estimate of drug-likeness (QED) is 0.0290. The van der Waals surface area contributed by atoms with Crippen LogP contribution in [0.15, 0.2) is 47.9 Å². The predicted molar refractivity (Wildman–Crippen MR) is 395 cm³/mol. The first-order valence-electron chi connectivity index (χ1n) is 35.2. The van der Waals surface area contributed by atoms with Gasteiger partial charge in [0.05, 0.1) is 28.4 Å². The van der Waals surface area contributed by atoms with E-state index >= 15 is 0 Å². The molecular weight excluding hydrogens is 1150 g/mol. The van der Waals surface area contributed by atoms with Gasteiger partial charge in [-0.05, 0) is 151 Å². The Hall–Kier alpha value is -5.60. The standard InChI is InChI=1S/C17H29NO2.C16H27NO2.2C15H25NO2.C14H23NO2/c1-6-18(7-2)14-13(15(19)16(14)20)11-9-8-10-12-17(3,4)5;1-6-17(5)13-12(14(18)15(13)19)10-8-7-9-11-16(2,3)4;1-15(2,3)10-8-6-7-9-11-12(16(4)5)14(18)13(11)17;1-5-16-12-11(13(17)14(12)18)9-7-6-8-10-15(2,3)4;1-14(2,3)9-7-5-6-8-10-11(15-4)13(17)12(10)16/h6-12H2,1-5H3;6-11H2,1-5H3;6-10H2,1-5H3;16H,5-10H2,1-4H3;15H,5-9H2,1-4H3. The zero-order valence-electron chi connectivity index (χ0n) is 62.4. The Bertz CT molecular complexity index is 3330. The summed E-state index contributed by atoms with van der Waals surface area (Å²) in [6.45, 7) is 44.7. The van der Waals surface area contributed by atoms with Crippen molar-refractivity contribution in [3.63, 3.8) is 0 Å². The van der Waals surface area contributed by atoms with Gasteiger partial charge < -0.3 is 25.3 Å². The molecule has 0 saturated heterocycles. The normalized spacial score (nSPS) is 12.0. The Morgan fingerprint density at radius 3 is 0.837 bits per heavy atom. The fraction of sp³-hybridized carbons (Fsp3) is 0.740. The van der Waals surface area contributed by atoms with Crippen molar-refractivity contribution in [2.45, 2.75) is 292 Å². The summed E-state index contributed by atoms with van der Waals surface area (Å²) in [7, 11) is 7.21. The summed E-state index contributed by atoms with van der Waals surface area (Å²) in [5.74, 6) is 0. The molecule has 0 amide bonds. The van der Waals surface area contributed by atoms with Crippen molar-refractivity contribution in [1.82, 2.24) is 0 Å². The summed E-state index contributed by atoms with van der Waals surface area (Å²) < 4.78 is 0. The molecule has 5 rings (SSSR count). The van der Waals surface area contributed by atoms with E-state index < -0.39 is 0 Å². The van der Waals surface area contributed by atoms with Crippen LogP contribution in [0.4, 0.5) is 28.4 Å². The summed E-state index contributed by atoms with van der Waals surface area (Å²) in [6, 6.07) is 0. The predicted octanol–water partition coefficient (Wildman–Crippen LogP) is 14.0. The third kappa shape index (κ3) is 29.0. The highest BCUT2D eigenvalue weighted by atomic mass is 16.2. The molecule has 0 fully saturated rings. The lowest BCUT2D eigenvalue weighted by Gasteiger charge is -2.24. The van der Waals surface area contributed by atoms with E-state index in [0.29, 0.717) is 67.6 Å². The monoisotopic (exact) mass is 1280 g/mol. The van der Waals surface area contributed by atoms with E-state index in [9.17, 15) is 47.9 Å². The second-order valence-electron chi connectivity index (χ2n) is 31.9. The maximum atomic E-state index is 11.7. The Morgan fingerprint density at radius 2 is 0.554 bits per heavy atom. The van der Waals surface area contributed by atoms with Crippen LogP contribution in [0.25, 0.3) is 0 Å². The molecule has 0 radical (unpaired) electrons. The zero-order chi connectivity index (χ0) is 70.7. The molecule has 2 N–H and O–H groups in total. The van der Waals surface area contributed by atoms with Gasteiger partial charge in [-0.3, -0.25) is 47.9 Å². The van der Waals surface area contributed by atoms with E-state index in [1.807, 2.05) is 58.6 Å². The van der Waals surface area contributed by atoms with Gasteiger partial charge in [-0.15, -0.1) is 0 Å². The van der Waals surface area contributed by atoms with Crippen molar-refractivity contribution in [2.24, 2.45) is 27.1 Å². The van der Waals surface area contributed by atoms with Gasteiger partial charge in [0.25, 0.3) is 0 Å². The average Bonchev–Trinajstić information content (AvgIpc) is 0.819. The summed E-state index contributed by atoms with van der Waals surface area (Å²) in [5.41, 5.74) is 5.77. The number of hydrogen-bond acceptors (Lipinski definition) is 15. The van der Waals surface area contributed by atoms with Crippen LogP contribution in [0.1, 0.15) is 288 Å². The SMILES string of the molecule is CCN(C)c1c(CCCCCC(C)(C)C)c(=O)c1=O.CCN(CC)c1c(CCCCCC(C)(C)C)c(=O)c1=O.CCNc1c(CCCCCC(C)(C)C)c(=O)c1=O.CN(C)c1c(CCCCCC(C)(C)C)c(=O)c1=O.CNc1c(CCCCCC(C)(C)C)c(=O)c1=O. The number of nitrogens with zero attached hydrogens (tertiary/aromatic N) is 3. The summed E-state index contributed by atoms with van der Waals surface area (Å²) in [5, 5.41) is 5.79. The summed E-state index contributed by atoms with van der Waals surface area (Å²) in [4.78, 5) is 120.